The number of benzene rings is 1. The molecule has 1 unspecified atom stereocenters. The van der Waals surface area contributed by atoms with E-state index < -0.39 is 6.10 Å². The predicted molar refractivity (Wildman–Crippen MR) is 49.1 cm³/mol. The van der Waals surface area contributed by atoms with Crippen LogP contribution in [-0.4, -0.2) is 15.6 Å². The van der Waals surface area contributed by atoms with Gasteiger partial charge in [0.25, 0.3) is 0 Å². The van der Waals surface area contributed by atoms with E-state index in [0.717, 1.165) is 11.1 Å². The monoisotopic (exact) mass is 172 g/mol. The molecule has 0 spiro atoms. The third kappa shape index (κ3) is 1.20. The van der Waals surface area contributed by atoms with Crippen LogP contribution in [-0.2, 0) is 0 Å². The van der Waals surface area contributed by atoms with E-state index in [4.69, 9.17) is 5.53 Å². The lowest BCUT2D eigenvalue weighted by Gasteiger charge is -2.12. The fourth-order valence-corrected chi connectivity index (χ4v) is 1.43. The number of hydrogen-bond donors (Lipinski definition) is 1. The smallest absolute Gasteiger partial charge is 0.324 e. The molecule has 0 heterocycles. The summed E-state index contributed by atoms with van der Waals surface area (Å²) in [7, 11) is 0. The average Bonchev–Trinajstić information content (AvgIpc) is 2.19. The van der Waals surface area contributed by atoms with E-state index in [1.807, 2.05) is 30.3 Å². The maximum Gasteiger partial charge on any atom is 0.324 e. The molecule has 0 saturated carbocycles. The first kappa shape index (κ1) is 7.92. The fourth-order valence-electron chi connectivity index (χ4n) is 1.43. The molecule has 0 bridgehead atoms. The lowest BCUT2D eigenvalue weighted by Crippen LogP contribution is -2.14. The van der Waals surface area contributed by atoms with Crippen LogP contribution >= 0.6 is 0 Å². The molecule has 1 aliphatic rings. The van der Waals surface area contributed by atoms with Gasteiger partial charge in [0.2, 0.25) is 0 Å². The third-order valence-corrected chi connectivity index (χ3v) is 2.12. The SMILES string of the molecule is [N-]=[N+]=C1C=Cc2ccccc2C1O. The van der Waals surface area contributed by atoms with Gasteiger partial charge in [0.05, 0.1) is 0 Å². The van der Waals surface area contributed by atoms with E-state index in [1.54, 1.807) is 6.08 Å². The Hall–Kier alpha value is -1.70. The first-order valence-electron chi connectivity index (χ1n) is 4.00. The molecule has 3 heteroatoms. The topological polar surface area (TPSA) is 56.6 Å². The zero-order chi connectivity index (χ0) is 9.26. The molecular weight excluding hydrogens is 164 g/mol. The van der Waals surface area contributed by atoms with E-state index in [-0.39, 0.29) is 5.71 Å². The largest absolute Gasteiger partial charge is 0.376 e. The van der Waals surface area contributed by atoms with Crippen molar-refractivity contribution in [3.8, 4) is 0 Å². The van der Waals surface area contributed by atoms with E-state index in [9.17, 15) is 5.11 Å². The molecule has 13 heavy (non-hydrogen) atoms. The van der Waals surface area contributed by atoms with Gasteiger partial charge < -0.3 is 10.6 Å². The fraction of sp³-hybridized carbons (Fsp3) is 0.100. The summed E-state index contributed by atoms with van der Waals surface area (Å²) >= 11 is 0. The van der Waals surface area contributed by atoms with E-state index >= 15 is 0 Å². The summed E-state index contributed by atoms with van der Waals surface area (Å²) in [5.41, 5.74) is 10.6. The number of nitrogens with zero attached hydrogens (tertiary/aromatic N) is 2. The van der Waals surface area contributed by atoms with Crippen molar-refractivity contribution in [1.82, 2.24) is 0 Å². The van der Waals surface area contributed by atoms with E-state index in [2.05, 4.69) is 4.79 Å². The molecule has 1 aromatic rings. The van der Waals surface area contributed by atoms with Crippen molar-refractivity contribution in [2.45, 2.75) is 6.10 Å². The number of fused-ring (bicyclic) bond motifs is 1. The van der Waals surface area contributed by atoms with Gasteiger partial charge in [-0.05, 0) is 17.2 Å². The molecule has 1 aromatic carbocycles. The molecule has 1 atom stereocenters. The van der Waals surface area contributed by atoms with Crippen molar-refractivity contribution >= 4 is 11.8 Å². The second-order valence-corrected chi connectivity index (χ2v) is 2.89. The zero-order valence-corrected chi connectivity index (χ0v) is 6.88. The molecule has 0 radical (unpaired) electrons. The Kier molecular flexibility index (Phi) is 1.81. The van der Waals surface area contributed by atoms with Crippen molar-refractivity contribution in [2.24, 2.45) is 0 Å². The highest BCUT2D eigenvalue weighted by molar-refractivity contribution is 6.01. The van der Waals surface area contributed by atoms with Crippen molar-refractivity contribution < 1.29 is 9.90 Å². The van der Waals surface area contributed by atoms with Gasteiger partial charge in [0.1, 0.15) is 0 Å². The molecule has 0 aromatic heterocycles. The molecule has 0 fully saturated rings. The summed E-state index contributed by atoms with van der Waals surface area (Å²) in [6.07, 6.45) is 2.61. The van der Waals surface area contributed by atoms with Gasteiger partial charge in [-0.1, -0.05) is 24.3 Å². The van der Waals surface area contributed by atoms with Crippen LogP contribution in [0, 0.1) is 0 Å². The standard InChI is InChI=1S/C10H8N2O/c11-12-9-6-5-7-3-1-2-4-8(7)10(9)13/h1-6,10,13H. The number of aliphatic hydroxyl groups is 1. The minimum atomic E-state index is -0.814. The third-order valence-electron chi connectivity index (χ3n) is 2.12. The minimum Gasteiger partial charge on any atom is -0.376 e. The van der Waals surface area contributed by atoms with Crippen LogP contribution in [0.5, 0.6) is 0 Å². The van der Waals surface area contributed by atoms with Crippen LogP contribution in [0.2, 0.25) is 0 Å². The molecule has 1 aliphatic carbocycles. The quantitative estimate of drug-likeness (QED) is 0.467. The van der Waals surface area contributed by atoms with E-state index in [1.165, 1.54) is 0 Å². The van der Waals surface area contributed by atoms with Gasteiger partial charge in [0.15, 0.2) is 6.10 Å². The van der Waals surface area contributed by atoms with Crippen LogP contribution < -0.4 is 0 Å². The molecule has 1 N–H and O–H groups in total. The summed E-state index contributed by atoms with van der Waals surface area (Å²) in [6.45, 7) is 0. The maximum atomic E-state index is 9.68. The van der Waals surface area contributed by atoms with Gasteiger partial charge in [-0.2, -0.15) is 4.79 Å². The summed E-state index contributed by atoms with van der Waals surface area (Å²) in [4.78, 5) is 3.01. The highest BCUT2D eigenvalue weighted by Crippen LogP contribution is 2.24. The molecule has 64 valence electrons. The summed E-state index contributed by atoms with van der Waals surface area (Å²) in [5.74, 6) is 0. The van der Waals surface area contributed by atoms with E-state index in [0.29, 0.717) is 0 Å². The Bertz CT molecular complexity index is 417. The first-order chi connectivity index (χ1) is 6.33. The second-order valence-electron chi connectivity index (χ2n) is 2.89. The first-order valence-corrected chi connectivity index (χ1v) is 4.00. The van der Waals surface area contributed by atoms with Crippen molar-refractivity contribution in [2.75, 3.05) is 0 Å². The Morgan fingerprint density at radius 1 is 1.23 bits per heavy atom. The summed E-state index contributed by atoms with van der Waals surface area (Å²) in [5, 5.41) is 9.68. The van der Waals surface area contributed by atoms with Gasteiger partial charge in [-0.25, -0.2) is 0 Å². The molecule has 3 nitrogen and oxygen atoms in total. The summed E-state index contributed by atoms with van der Waals surface area (Å²) in [6, 6.07) is 7.46. The lowest BCUT2D eigenvalue weighted by molar-refractivity contribution is -0.0188. The van der Waals surface area contributed by atoms with Crippen LogP contribution in [0.1, 0.15) is 17.2 Å². The van der Waals surface area contributed by atoms with Crippen LogP contribution in [0.15, 0.2) is 30.3 Å². The van der Waals surface area contributed by atoms with Gasteiger partial charge >= 0.3 is 5.71 Å². The van der Waals surface area contributed by atoms with Gasteiger partial charge in [-0.3, -0.25) is 0 Å². The Balaban J connectivity index is 2.61. The average molecular weight is 172 g/mol. The molecular formula is C10H8N2O. The van der Waals surface area contributed by atoms with Crippen LogP contribution in [0.4, 0.5) is 0 Å². The molecule has 2 rings (SSSR count). The predicted octanol–water partition coefficient (Wildman–Crippen LogP) is 1.42. The summed E-state index contributed by atoms with van der Waals surface area (Å²) < 4.78 is 0. The number of rotatable bonds is 0. The molecule has 0 aliphatic heterocycles. The minimum absolute atomic E-state index is 0.277. The van der Waals surface area contributed by atoms with Crippen molar-refractivity contribution in [3.05, 3.63) is 47.0 Å². The second kappa shape index (κ2) is 2.98. The van der Waals surface area contributed by atoms with Crippen molar-refractivity contribution in [1.29, 1.82) is 0 Å². The van der Waals surface area contributed by atoms with Gasteiger partial charge in [0, 0.05) is 6.08 Å². The highest BCUT2D eigenvalue weighted by Gasteiger charge is 2.25. The Labute approximate surface area is 75.6 Å². The van der Waals surface area contributed by atoms with Crippen LogP contribution in [0.3, 0.4) is 0 Å². The Morgan fingerprint density at radius 3 is 2.77 bits per heavy atom. The number of aliphatic hydroxyl groups excluding tert-OH is 1. The van der Waals surface area contributed by atoms with Crippen LogP contribution in [0.25, 0.3) is 11.6 Å². The zero-order valence-electron chi connectivity index (χ0n) is 6.88. The maximum absolute atomic E-state index is 9.68. The van der Waals surface area contributed by atoms with Crippen molar-refractivity contribution in [3.63, 3.8) is 0 Å². The molecule has 0 saturated heterocycles. The van der Waals surface area contributed by atoms with Gasteiger partial charge in [-0.15, -0.1) is 0 Å². The number of hydrogen-bond acceptors (Lipinski definition) is 1. The normalized spacial score (nSPS) is 19.5. The highest BCUT2D eigenvalue weighted by atomic mass is 16.3. The Morgan fingerprint density at radius 2 is 2.00 bits per heavy atom. The molecule has 0 amide bonds. The lowest BCUT2D eigenvalue weighted by atomic mass is 9.94.